The molecule has 1 aromatic heterocycles. The molecule has 0 unspecified atom stereocenters. The Morgan fingerprint density at radius 1 is 1.35 bits per heavy atom. The van der Waals surface area contributed by atoms with Gasteiger partial charge in [-0.05, 0) is 31.7 Å². The quantitative estimate of drug-likeness (QED) is 0.814. The average molecular weight is 276 g/mol. The number of rotatable bonds is 1. The van der Waals surface area contributed by atoms with Crippen molar-refractivity contribution in [2.45, 2.75) is 25.7 Å². The van der Waals surface area contributed by atoms with Gasteiger partial charge in [0, 0.05) is 32.9 Å². The van der Waals surface area contributed by atoms with E-state index < -0.39 is 0 Å². The summed E-state index contributed by atoms with van der Waals surface area (Å²) in [6.07, 6.45) is 5.20. The number of amides is 2. The second-order valence-electron chi connectivity index (χ2n) is 5.81. The molecule has 2 aliphatic rings. The third-order valence-electron chi connectivity index (χ3n) is 4.53. The van der Waals surface area contributed by atoms with Crippen LogP contribution in [-0.2, 0) is 11.8 Å². The van der Waals surface area contributed by atoms with Crippen molar-refractivity contribution >= 4 is 11.8 Å². The molecule has 3 heterocycles. The van der Waals surface area contributed by atoms with E-state index >= 15 is 0 Å². The normalized spacial score (nSPS) is 26.6. The molecule has 3 rings (SSSR count). The third-order valence-corrected chi connectivity index (χ3v) is 4.53. The van der Waals surface area contributed by atoms with Crippen LogP contribution in [0.5, 0.6) is 0 Å². The maximum Gasteiger partial charge on any atom is 0.274 e. The standard InChI is InChI=1S/C14H20N4O2/c1-17-9-3-11(16-17)12(19)18-8-2-4-14(6-10-18)5-7-15-13(14)20/h3,9H,2,4-8,10H2,1H3,(H,15,20)/t14-/m0/s1. The van der Waals surface area contributed by atoms with Gasteiger partial charge in [-0.2, -0.15) is 5.10 Å². The molecule has 2 amide bonds. The van der Waals surface area contributed by atoms with Gasteiger partial charge in [0.2, 0.25) is 5.91 Å². The number of nitrogens with one attached hydrogen (secondary N) is 1. The SMILES string of the molecule is Cn1ccc(C(=O)N2CCC[C@]3(CCNC3=O)CC2)n1. The predicted molar refractivity (Wildman–Crippen MR) is 73.0 cm³/mol. The van der Waals surface area contributed by atoms with Crippen molar-refractivity contribution in [3.63, 3.8) is 0 Å². The van der Waals surface area contributed by atoms with Crippen molar-refractivity contribution in [2.24, 2.45) is 12.5 Å². The van der Waals surface area contributed by atoms with Crippen molar-refractivity contribution in [2.75, 3.05) is 19.6 Å². The Hall–Kier alpha value is -1.85. The van der Waals surface area contributed by atoms with Crippen molar-refractivity contribution in [3.8, 4) is 0 Å². The van der Waals surface area contributed by atoms with Crippen LogP contribution < -0.4 is 5.32 Å². The van der Waals surface area contributed by atoms with E-state index in [9.17, 15) is 9.59 Å². The molecule has 2 saturated heterocycles. The zero-order valence-electron chi connectivity index (χ0n) is 11.8. The van der Waals surface area contributed by atoms with E-state index in [4.69, 9.17) is 0 Å². The number of likely N-dealkylation sites (tertiary alicyclic amines) is 1. The fourth-order valence-electron chi connectivity index (χ4n) is 3.28. The highest BCUT2D eigenvalue weighted by Gasteiger charge is 2.43. The Morgan fingerprint density at radius 2 is 2.20 bits per heavy atom. The van der Waals surface area contributed by atoms with Gasteiger partial charge in [0.05, 0.1) is 5.41 Å². The summed E-state index contributed by atoms with van der Waals surface area (Å²) in [7, 11) is 1.80. The molecular formula is C14H20N4O2. The zero-order valence-corrected chi connectivity index (χ0v) is 11.8. The van der Waals surface area contributed by atoms with E-state index in [2.05, 4.69) is 10.4 Å². The van der Waals surface area contributed by atoms with Crippen LogP contribution in [0.4, 0.5) is 0 Å². The Labute approximate surface area is 118 Å². The first kappa shape index (κ1) is 13.1. The molecule has 0 aromatic carbocycles. The minimum absolute atomic E-state index is 0.0268. The van der Waals surface area contributed by atoms with Gasteiger partial charge in [0.25, 0.3) is 5.91 Å². The summed E-state index contributed by atoms with van der Waals surface area (Å²) in [6.45, 7) is 2.13. The number of hydrogen-bond donors (Lipinski definition) is 1. The lowest BCUT2D eigenvalue weighted by Crippen LogP contribution is -2.35. The van der Waals surface area contributed by atoms with Gasteiger partial charge in [-0.25, -0.2) is 0 Å². The van der Waals surface area contributed by atoms with Crippen LogP contribution in [0.25, 0.3) is 0 Å². The van der Waals surface area contributed by atoms with E-state index in [1.807, 2.05) is 4.90 Å². The van der Waals surface area contributed by atoms with E-state index in [-0.39, 0.29) is 17.2 Å². The molecule has 1 aromatic rings. The van der Waals surface area contributed by atoms with Crippen LogP contribution in [0.1, 0.15) is 36.2 Å². The fraction of sp³-hybridized carbons (Fsp3) is 0.643. The second-order valence-corrected chi connectivity index (χ2v) is 5.81. The topological polar surface area (TPSA) is 67.2 Å². The van der Waals surface area contributed by atoms with Crippen molar-refractivity contribution < 1.29 is 9.59 Å². The van der Waals surface area contributed by atoms with Gasteiger partial charge >= 0.3 is 0 Å². The summed E-state index contributed by atoms with van der Waals surface area (Å²) in [6, 6.07) is 1.74. The van der Waals surface area contributed by atoms with Crippen LogP contribution in [-0.4, -0.2) is 46.1 Å². The minimum Gasteiger partial charge on any atom is -0.356 e. The Kier molecular flexibility index (Phi) is 3.23. The zero-order chi connectivity index (χ0) is 14.2. The number of hydrogen-bond acceptors (Lipinski definition) is 3. The van der Waals surface area contributed by atoms with Crippen LogP contribution in [0.3, 0.4) is 0 Å². The largest absolute Gasteiger partial charge is 0.356 e. The minimum atomic E-state index is -0.237. The molecule has 1 spiro atoms. The highest BCUT2D eigenvalue weighted by atomic mass is 16.2. The summed E-state index contributed by atoms with van der Waals surface area (Å²) < 4.78 is 1.64. The molecule has 0 aliphatic carbocycles. The van der Waals surface area contributed by atoms with E-state index in [1.54, 1.807) is 24.0 Å². The molecule has 1 atom stereocenters. The summed E-state index contributed by atoms with van der Waals surface area (Å²) in [5.41, 5.74) is 0.249. The molecule has 108 valence electrons. The summed E-state index contributed by atoms with van der Waals surface area (Å²) in [5.74, 6) is 0.144. The van der Waals surface area contributed by atoms with Crippen LogP contribution in [0, 0.1) is 5.41 Å². The Morgan fingerprint density at radius 3 is 2.85 bits per heavy atom. The van der Waals surface area contributed by atoms with E-state index in [1.165, 1.54) is 0 Å². The lowest BCUT2D eigenvalue weighted by atomic mass is 9.79. The first-order chi connectivity index (χ1) is 9.61. The first-order valence-electron chi connectivity index (χ1n) is 7.18. The Balaban J connectivity index is 1.71. The number of nitrogens with zero attached hydrogens (tertiary/aromatic N) is 3. The van der Waals surface area contributed by atoms with Crippen molar-refractivity contribution in [3.05, 3.63) is 18.0 Å². The van der Waals surface area contributed by atoms with Crippen LogP contribution in [0.15, 0.2) is 12.3 Å². The average Bonchev–Trinajstić information content (AvgIpc) is 2.93. The molecule has 20 heavy (non-hydrogen) atoms. The summed E-state index contributed by atoms with van der Waals surface area (Å²) >= 11 is 0. The van der Waals surface area contributed by atoms with Gasteiger partial charge < -0.3 is 10.2 Å². The molecule has 0 radical (unpaired) electrons. The van der Waals surface area contributed by atoms with Gasteiger partial charge in [0.15, 0.2) is 0 Å². The van der Waals surface area contributed by atoms with Gasteiger partial charge in [0.1, 0.15) is 5.69 Å². The highest BCUT2D eigenvalue weighted by Crippen LogP contribution is 2.38. The van der Waals surface area contributed by atoms with E-state index in [0.717, 1.165) is 32.2 Å². The van der Waals surface area contributed by atoms with Gasteiger partial charge in [-0.1, -0.05) is 0 Å². The highest BCUT2D eigenvalue weighted by molar-refractivity contribution is 5.92. The molecular weight excluding hydrogens is 256 g/mol. The second kappa shape index (κ2) is 4.92. The monoisotopic (exact) mass is 276 g/mol. The number of aromatic nitrogens is 2. The van der Waals surface area contributed by atoms with Gasteiger partial charge in [-0.3, -0.25) is 14.3 Å². The smallest absolute Gasteiger partial charge is 0.274 e. The molecule has 6 nitrogen and oxygen atoms in total. The molecule has 0 bridgehead atoms. The molecule has 2 aliphatic heterocycles. The van der Waals surface area contributed by atoms with E-state index in [0.29, 0.717) is 18.8 Å². The molecule has 0 saturated carbocycles. The fourth-order valence-corrected chi connectivity index (χ4v) is 3.28. The number of carbonyl (C=O) groups excluding carboxylic acids is 2. The van der Waals surface area contributed by atoms with Crippen molar-refractivity contribution in [1.82, 2.24) is 20.0 Å². The lowest BCUT2D eigenvalue weighted by molar-refractivity contribution is -0.128. The van der Waals surface area contributed by atoms with Crippen molar-refractivity contribution in [1.29, 1.82) is 0 Å². The predicted octanol–water partition coefficient (Wildman–Crippen LogP) is 0.552. The summed E-state index contributed by atoms with van der Waals surface area (Å²) in [5, 5.41) is 7.10. The lowest BCUT2D eigenvalue weighted by Gasteiger charge is -2.24. The molecule has 2 fully saturated rings. The molecule has 1 N–H and O–H groups in total. The number of aryl methyl sites for hydroxylation is 1. The van der Waals surface area contributed by atoms with Crippen LogP contribution >= 0.6 is 0 Å². The van der Waals surface area contributed by atoms with Gasteiger partial charge in [-0.15, -0.1) is 0 Å². The van der Waals surface area contributed by atoms with Crippen LogP contribution in [0.2, 0.25) is 0 Å². The number of carbonyl (C=O) groups is 2. The Bertz CT molecular complexity index is 539. The summed E-state index contributed by atoms with van der Waals surface area (Å²) in [4.78, 5) is 26.3. The first-order valence-corrected chi connectivity index (χ1v) is 7.18. The maximum atomic E-state index is 12.4. The molecule has 6 heteroatoms. The third kappa shape index (κ3) is 2.19. The maximum absolute atomic E-state index is 12.4.